The Labute approximate surface area is 177 Å². The number of hydrogen-bond acceptors (Lipinski definition) is 3. The molecule has 1 amide bonds. The lowest BCUT2D eigenvalue weighted by atomic mass is 9.91. The molecule has 2 heterocycles. The monoisotopic (exact) mass is 401 g/mol. The molecule has 1 aliphatic carbocycles. The van der Waals surface area contributed by atoms with E-state index in [1.165, 1.54) is 5.56 Å². The van der Waals surface area contributed by atoms with E-state index in [1.54, 1.807) is 6.20 Å². The van der Waals surface area contributed by atoms with Crippen LogP contribution in [0.1, 0.15) is 58.3 Å². The minimum absolute atomic E-state index is 0.0451. The first-order valence-electron chi connectivity index (χ1n) is 10.8. The summed E-state index contributed by atoms with van der Waals surface area (Å²) in [4.78, 5) is 15.1. The van der Waals surface area contributed by atoms with E-state index in [-0.39, 0.29) is 11.9 Å². The van der Waals surface area contributed by atoms with Gasteiger partial charge in [-0.25, -0.2) is 4.68 Å². The van der Waals surface area contributed by atoms with Crippen LogP contribution in [-0.4, -0.2) is 37.8 Å². The van der Waals surface area contributed by atoms with Crippen molar-refractivity contribution in [3.05, 3.63) is 82.7 Å². The summed E-state index contributed by atoms with van der Waals surface area (Å²) in [5.74, 6) is 0.0786. The number of aryl methyl sites for hydroxylation is 1. The zero-order chi connectivity index (χ0) is 20.7. The van der Waals surface area contributed by atoms with E-state index in [1.807, 2.05) is 21.8 Å². The third kappa shape index (κ3) is 3.43. The average Bonchev–Trinajstić information content (AvgIpc) is 3.39. The third-order valence-corrected chi connectivity index (χ3v) is 6.56. The molecule has 3 aromatic rings. The first kappa shape index (κ1) is 19.1. The fourth-order valence-electron chi connectivity index (χ4n) is 4.94. The van der Waals surface area contributed by atoms with Crippen molar-refractivity contribution in [3.8, 4) is 5.69 Å². The Morgan fingerprint density at radius 1 is 1.10 bits per heavy atom. The molecule has 5 rings (SSSR count). The van der Waals surface area contributed by atoms with Gasteiger partial charge in [0.15, 0.2) is 0 Å². The summed E-state index contributed by atoms with van der Waals surface area (Å²) in [7, 11) is 0. The molecule has 1 aliphatic heterocycles. The van der Waals surface area contributed by atoms with Crippen molar-refractivity contribution < 1.29 is 9.90 Å². The lowest BCUT2D eigenvalue weighted by Crippen LogP contribution is -2.45. The second kappa shape index (κ2) is 7.73. The van der Waals surface area contributed by atoms with E-state index in [2.05, 4.69) is 48.4 Å². The fourth-order valence-corrected chi connectivity index (χ4v) is 4.94. The normalized spacial score (nSPS) is 21.1. The molecule has 1 aromatic heterocycles. The van der Waals surface area contributed by atoms with Gasteiger partial charge in [0, 0.05) is 24.5 Å². The van der Waals surface area contributed by atoms with Crippen LogP contribution in [0.2, 0.25) is 0 Å². The van der Waals surface area contributed by atoms with Crippen LogP contribution in [0.5, 0.6) is 0 Å². The largest absolute Gasteiger partial charge is 0.391 e. The molecule has 1 fully saturated rings. The summed E-state index contributed by atoms with van der Waals surface area (Å²) in [6.45, 7) is 2.72. The zero-order valence-corrected chi connectivity index (χ0v) is 17.3. The Morgan fingerprint density at radius 3 is 2.63 bits per heavy atom. The van der Waals surface area contributed by atoms with Gasteiger partial charge in [-0.15, -0.1) is 0 Å². The van der Waals surface area contributed by atoms with Gasteiger partial charge in [-0.2, -0.15) is 5.10 Å². The van der Waals surface area contributed by atoms with Gasteiger partial charge in [0.25, 0.3) is 5.91 Å². The maximum atomic E-state index is 13.2. The predicted octanol–water partition coefficient (Wildman–Crippen LogP) is 4.03. The maximum absolute atomic E-state index is 13.2. The number of carbonyl (C=O) groups excluding carboxylic acids is 1. The van der Waals surface area contributed by atoms with Crippen LogP contribution < -0.4 is 0 Å². The second-order valence-corrected chi connectivity index (χ2v) is 8.58. The fraction of sp³-hybridized carbons (Fsp3) is 0.360. The highest BCUT2D eigenvalue weighted by Crippen LogP contribution is 2.33. The van der Waals surface area contributed by atoms with Crippen LogP contribution in [0.3, 0.4) is 0 Å². The molecule has 0 spiro atoms. The third-order valence-electron chi connectivity index (χ3n) is 6.56. The van der Waals surface area contributed by atoms with Crippen LogP contribution in [0, 0.1) is 6.92 Å². The lowest BCUT2D eigenvalue weighted by molar-refractivity contribution is 0.0191. The summed E-state index contributed by atoms with van der Waals surface area (Å²) in [6.07, 6.45) is 7.92. The van der Waals surface area contributed by atoms with Gasteiger partial charge in [-0.3, -0.25) is 4.79 Å². The Morgan fingerprint density at radius 2 is 1.90 bits per heavy atom. The standard InChI is InChI=1S/C25H27N3O2/c1-17-13-19(14-18-7-9-20(10-8-18)28-12-4-11-26-28)15-21-22(17)16-27(25(21)30)23-5-2-3-6-24(23)29/h4,7-13,15,23-24,29H,2-3,5-6,14,16H2,1H3/t23-,24-/m0/s1. The highest BCUT2D eigenvalue weighted by Gasteiger charge is 2.37. The molecule has 5 nitrogen and oxygen atoms in total. The van der Waals surface area contributed by atoms with Gasteiger partial charge in [-0.05, 0) is 72.7 Å². The Kier molecular flexibility index (Phi) is 4.91. The molecule has 30 heavy (non-hydrogen) atoms. The van der Waals surface area contributed by atoms with Crippen molar-refractivity contribution in [2.24, 2.45) is 0 Å². The Bertz CT molecular complexity index is 1060. The summed E-state index contributed by atoms with van der Waals surface area (Å²) < 4.78 is 1.84. The molecule has 2 aromatic carbocycles. The van der Waals surface area contributed by atoms with E-state index in [4.69, 9.17) is 0 Å². The van der Waals surface area contributed by atoms with Crippen molar-refractivity contribution in [2.75, 3.05) is 0 Å². The molecular formula is C25H27N3O2. The average molecular weight is 402 g/mol. The van der Waals surface area contributed by atoms with Crippen molar-refractivity contribution in [2.45, 2.75) is 57.7 Å². The molecular weight excluding hydrogens is 374 g/mol. The molecule has 0 radical (unpaired) electrons. The van der Waals surface area contributed by atoms with Gasteiger partial charge in [0.2, 0.25) is 0 Å². The highest BCUT2D eigenvalue weighted by atomic mass is 16.3. The molecule has 0 bridgehead atoms. The predicted molar refractivity (Wildman–Crippen MR) is 116 cm³/mol. The quantitative estimate of drug-likeness (QED) is 0.718. The Balaban J connectivity index is 1.37. The first-order chi connectivity index (χ1) is 14.6. The maximum Gasteiger partial charge on any atom is 0.254 e. The lowest BCUT2D eigenvalue weighted by Gasteiger charge is -2.35. The minimum Gasteiger partial charge on any atom is -0.391 e. The number of aromatic nitrogens is 2. The number of nitrogens with zero attached hydrogens (tertiary/aromatic N) is 3. The van der Waals surface area contributed by atoms with E-state index in [9.17, 15) is 9.90 Å². The number of carbonyl (C=O) groups is 1. The molecule has 2 atom stereocenters. The van der Waals surface area contributed by atoms with E-state index in [0.717, 1.165) is 60.0 Å². The van der Waals surface area contributed by atoms with Gasteiger partial charge in [0.1, 0.15) is 0 Å². The molecule has 154 valence electrons. The van der Waals surface area contributed by atoms with Gasteiger partial charge >= 0.3 is 0 Å². The molecule has 1 N–H and O–H groups in total. The van der Waals surface area contributed by atoms with Crippen LogP contribution >= 0.6 is 0 Å². The number of fused-ring (bicyclic) bond motifs is 1. The van der Waals surface area contributed by atoms with Crippen molar-refractivity contribution in [1.82, 2.24) is 14.7 Å². The van der Waals surface area contributed by atoms with Crippen molar-refractivity contribution in [1.29, 1.82) is 0 Å². The SMILES string of the molecule is Cc1cc(Cc2ccc(-n3cccn3)cc2)cc2c1CN([C@H]1CCCC[C@@H]1O)C2=O. The number of rotatable bonds is 4. The summed E-state index contributed by atoms with van der Waals surface area (Å²) in [6, 6.07) is 14.5. The topological polar surface area (TPSA) is 58.4 Å². The van der Waals surface area contributed by atoms with Crippen LogP contribution in [-0.2, 0) is 13.0 Å². The molecule has 2 aliphatic rings. The summed E-state index contributed by atoms with van der Waals surface area (Å²) in [5.41, 5.74) is 6.49. The Hall–Kier alpha value is -2.92. The van der Waals surface area contributed by atoms with Crippen LogP contribution in [0.15, 0.2) is 54.9 Å². The number of benzene rings is 2. The smallest absolute Gasteiger partial charge is 0.254 e. The van der Waals surface area contributed by atoms with Crippen molar-refractivity contribution >= 4 is 5.91 Å². The zero-order valence-electron chi connectivity index (χ0n) is 17.3. The molecule has 5 heteroatoms. The van der Waals surface area contributed by atoms with Crippen LogP contribution in [0.25, 0.3) is 5.69 Å². The summed E-state index contributed by atoms with van der Waals surface area (Å²) >= 11 is 0. The van der Waals surface area contributed by atoms with Crippen LogP contribution in [0.4, 0.5) is 0 Å². The number of aliphatic hydroxyl groups is 1. The molecule has 0 unspecified atom stereocenters. The van der Waals surface area contributed by atoms with Gasteiger partial charge < -0.3 is 10.0 Å². The molecule has 0 saturated heterocycles. The van der Waals surface area contributed by atoms with E-state index < -0.39 is 6.10 Å². The second-order valence-electron chi connectivity index (χ2n) is 8.58. The van der Waals surface area contributed by atoms with Crippen molar-refractivity contribution in [3.63, 3.8) is 0 Å². The first-order valence-corrected chi connectivity index (χ1v) is 10.8. The highest BCUT2D eigenvalue weighted by molar-refractivity contribution is 5.99. The number of hydrogen-bond donors (Lipinski definition) is 1. The number of aliphatic hydroxyl groups excluding tert-OH is 1. The van der Waals surface area contributed by atoms with E-state index >= 15 is 0 Å². The van der Waals surface area contributed by atoms with E-state index in [0.29, 0.717) is 6.54 Å². The van der Waals surface area contributed by atoms with Gasteiger partial charge in [-0.1, -0.05) is 31.0 Å². The minimum atomic E-state index is -0.398. The molecule has 1 saturated carbocycles. The number of amides is 1. The van der Waals surface area contributed by atoms with Gasteiger partial charge in [0.05, 0.1) is 17.8 Å². The summed E-state index contributed by atoms with van der Waals surface area (Å²) in [5, 5.41) is 14.7.